The zero-order chi connectivity index (χ0) is 11.5. The Hall–Kier alpha value is -1.35. The lowest BCUT2D eigenvalue weighted by atomic mass is 9.79. The monoisotopic (exact) mass is 207 g/mol. The van der Waals surface area contributed by atoms with Crippen LogP contribution in [0.15, 0.2) is 30.3 Å². The average Bonchev–Trinajstić information content (AvgIpc) is 2.18. The number of carboxylic acid groups (broad SMARTS) is 1. The maximum absolute atomic E-state index is 11.2. The van der Waals surface area contributed by atoms with Gasteiger partial charge in [-0.15, -0.1) is 0 Å². The molecule has 0 heterocycles. The molecule has 82 valence electrons. The summed E-state index contributed by atoms with van der Waals surface area (Å²) in [6.07, 6.45) is 0.624. The van der Waals surface area contributed by atoms with Crippen LogP contribution in [0.1, 0.15) is 31.7 Å². The van der Waals surface area contributed by atoms with E-state index in [4.69, 9.17) is 5.73 Å². The highest BCUT2D eigenvalue weighted by Crippen LogP contribution is 2.28. The minimum atomic E-state index is -0.868. The molecule has 3 N–H and O–H groups in total. The molecule has 0 aliphatic rings. The van der Waals surface area contributed by atoms with Gasteiger partial charge in [-0.1, -0.05) is 37.3 Å². The van der Waals surface area contributed by atoms with E-state index in [-0.39, 0.29) is 0 Å². The van der Waals surface area contributed by atoms with Crippen LogP contribution in [0.4, 0.5) is 0 Å². The molecule has 1 aromatic carbocycles. The Morgan fingerprint density at radius 3 is 2.40 bits per heavy atom. The number of hydrogen-bond acceptors (Lipinski definition) is 2. The fourth-order valence-electron chi connectivity index (χ4n) is 1.66. The van der Waals surface area contributed by atoms with Gasteiger partial charge in [0.1, 0.15) is 0 Å². The number of benzene rings is 1. The first kappa shape index (κ1) is 11.7. The van der Waals surface area contributed by atoms with Crippen molar-refractivity contribution in [3.63, 3.8) is 0 Å². The van der Waals surface area contributed by atoms with Crippen LogP contribution in [0.3, 0.4) is 0 Å². The summed E-state index contributed by atoms with van der Waals surface area (Å²) < 4.78 is 0. The first-order chi connectivity index (χ1) is 6.99. The molecule has 0 saturated heterocycles. The number of carbonyl (C=O) groups is 1. The SMILES string of the molecule is CC[C@@](C)(N)[C@@H](C(=O)O)c1ccccc1. The minimum Gasteiger partial charge on any atom is -0.481 e. The van der Waals surface area contributed by atoms with Crippen molar-refractivity contribution >= 4 is 5.97 Å². The van der Waals surface area contributed by atoms with E-state index in [1.165, 1.54) is 0 Å². The fourth-order valence-corrected chi connectivity index (χ4v) is 1.66. The Labute approximate surface area is 89.9 Å². The summed E-state index contributed by atoms with van der Waals surface area (Å²) in [6, 6.07) is 9.13. The molecule has 0 fully saturated rings. The molecule has 0 aromatic heterocycles. The maximum atomic E-state index is 11.2. The van der Waals surface area contributed by atoms with Gasteiger partial charge in [0.15, 0.2) is 0 Å². The van der Waals surface area contributed by atoms with Gasteiger partial charge in [-0.05, 0) is 18.9 Å². The minimum absolute atomic E-state index is 0.624. The Morgan fingerprint density at radius 1 is 1.47 bits per heavy atom. The van der Waals surface area contributed by atoms with Crippen molar-refractivity contribution in [3.05, 3.63) is 35.9 Å². The van der Waals surface area contributed by atoms with E-state index in [0.29, 0.717) is 6.42 Å². The maximum Gasteiger partial charge on any atom is 0.312 e. The quantitative estimate of drug-likeness (QED) is 0.793. The summed E-state index contributed by atoms with van der Waals surface area (Å²) in [5.41, 5.74) is 6.06. The fraction of sp³-hybridized carbons (Fsp3) is 0.417. The number of carboxylic acids is 1. The number of rotatable bonds is 4. The Kier molecular flexibility index (Phi) is 3.48. The third kappa shape index (κ3) is 2.57. The van der Waals surface area contributed by atoms with Crippen LogP contribution >= 0.6 is 0 Å². The molecule has 15 heavy (non-hydrogen) atoms. The Bertz CT molecular complexity index is 333. The van der Waals surface area contributed by atoms with Crippen LogP contribution in [0.5, 0.6) is 0 Å². The van der Waals surface area contributed by atoms with Crippen LogP contribution in [-0.4, -0.2) is 16.6 Å². The lowest BCUT2D eigenvalue weighted by molar-refractivity contribution is -0.140. The van der Waals surface area contributed by atoms with Crippen molar-refractivity contribution in [2.75, 3.05) is 0 Å². The highest BCUT2D eigenvalue weighted by molar-refractivity contribution is 5.78. The van der Waals surface area contributed by atoms with Gasteiger partial charge < -0.3 is 10.8 Å². The number of hydrogen-bond donors (Lipinski definition) is 2. The normalized spacial score (nSPS) is 16.7. The van der Waals surface area contributed by atoms with Gasteiger partial charge in [-0.2, -0.15) is 0 Å². The molecule has 0 radical (unpaired) electrons. The van der Waals surface area contributed by atoms with Gasteiger partial charge in [0, 0.05) is 5.54 Å². The summed E-state index contributed by atoms with van der Waals surface area (Å²) in [5, 5.41) is 9.21. The lowest BCUT2D eigenvalue weighted by Crippen LogP contribution is -2.45. The van der Waals surface area contributed by atoms with Gasteiger partial charge >= 0.3 is 5.97 Å². The largest absolute Gasteiger partial charge is 0.481 e. The molecule has 0 bridgehead atoms. The standard InChI is InChI=1S/C12H17NO2/c1-3-12(2,13)10(11(14)15)9-7-5-4-6-8-9/h4-8,10H,3,13H2,1-2H3,(H,14,15)/t10-,12-/m1/s1. The van der Waals surface area contributed by atoms with E-state index < -0.39 is 17.4 Å². The molecule has 2 atom stereocenters. The Morgan fingerprint density at radius 2 is 2.00 bits per heavy atom. The number of aliphatic carboxylic acids is 1. The predicted octanol–water partition coefficient (Wildman–Crippen LogP) is 1.98. The number of nitrogens with two attached hydrogens (primary N) is 1. The molecular formula is C12H17NO2. The van der Waals surface area contributed by atoms with Crippen molar-refractivity contribution in [1.82, 2.24) is 0 Å². The topological polar surface area (TPSA) is 63.3 Å². The summed E-state index contributed by atoms with van der Waals surface area (Å²) in [6.45, 7) is 3.68. The van der Waals surface area contributed by atoms with E-state index in [1.54, 1.807) is 19.1 Å². The van der Waals surface area contributed by atoms with Gasteiger partial charge in [0.2, 0.25) is 0 Å². The molecule has 1 aromatic rings. The molecule has 3 nitrogen and oxygen atoms in total. The van der Waals surface area contributed by atoms with Crippen molar-refractivity contribution in [1.29, 1.82) is 0 Å². The van der Waals surface area contributed by atoms with E-state index in [0.717, 1.165) is 5.56 Å². The molecule has 0 spiro atoms. The van der Waals surface area contributed by atoms with E-state index >= 15 is 0 Å². The van der Waals surface area contributed by atoms with Crippen molar-refractivity contribution < 1.29 is 9.90 Å². The molecule has 0 amide bonds. The second-order valence-electron chi connectivity index (χ2n) is 4.04. The first-order valence-electron chi connectivity index (χ1n) is 5.05. The van der Waals surface area contributed by atoms with Gasteiger partial charge in [-0.3, -0.25) is 4.79 Å². The van der Waals surface area contributed by atoms with Crippen molar-refractivity contribution in [2.45, 2.75) is 31.7 Å². The van der Waals surface area contributed by atoms with Crippen LogP contribution in [-0.2, 0) is 4.79 Å². The smallest absolute Gasteiger partial charge is 0.312 e. The summed E-state index contributed by atoms with van der Waals surface area (Å²) in [4.78, 5) is 11.2. The zero-order valence-corrected chi connectivity index (χ0v) is 9.10. The third-order valence-electron chi connectivity index (χ3n) is 2.80. The van der Waals surface area contributed by atoms with E-state index in [1.807, 2.05) is 25.1 Å². The van der Waals surface area contributed by atoms with Crippen LogP contribution < -0.4 is 5.73 Å². The highest BCUT2D eigenvalue weighted by Gasteiger charge is 2.35. The second kappa shape index (κ2) is 4.45. The lowest BCUT2D eigenvalue weighted by Gasteiger charge is -2.30. The molecule has 0 unspecified atom stereocenters. The molecule has 1 rings (SSSR count). The van der Waals surface area contributed by atoms with Gasteiger partial charge in [0.05, 0.1) is 5.92 Å². The van der Waals surface area contributed by atoms with E-state index in [9.17, 15) is 9.90 Å². The van der Waals surface area contributed by atoms with Crippen LogP contribution in [0, 0.1) is 0 Å². The molecular weight excluding hydrogens is 190 g/mol. The third-order valence-corrected chi connectivity index (χ3v) is 2.80. The molecule has 0 saturated carbocycles. The summed E-state index contributed by atoms with van der Waals surface area (Å²) >= 11 is 0. The summed E-state index contributed by atoms with van der Waals surface area (Å²) in [5.74, 6) is -1.52. The molecule has 3 heteroatoms. The summed E-state index contributed by atoms with van der Waals surface area (Å²) in [7, 11) is 0. The average molecular weight is 207 g/mol. The zero-order valence-electron chi connectivity index (χ0n) is 9.10. The van der Waals surface area contributed by atoms with Gasteiger partial charge in [-0.25, -0.2) is 0 Å². The first-order valence-corrected chi connectivity index (χ1v) is 5.05. The van der Waals surface area contributed by atoms with Crippen molar-refractivity contribution in [3.8, 4) is 0 Å². The molecule has 0 aliphatic heterocycles. The van der Waals surface area contributed by atoms with Gasteiger partial charge in [0.25, 0.3) is 0 Å². The van der Waals surface area contributed by atoms with Crippen LogP contribution in [0.2, 0.25) is 0 Å². The van der Waals surface area contributed by atoms with E-state index in [2.05, 4.69) is 0 Å². The predicted molar refractivity (Wildman–Crippen MR) is 59.7 cm³/mol. The van der Waals surface area contributed by atoms with Crippen molar-refractivity contribution in [2.24, 2.45) is 5.73 Å². The molecule has 0 aliphatic carbocycles. The highest BCUT2D eigenvalue weighted by atomic mass is 16.4. The Balaban J connectivity index is 3.10. The second-order valence-corrected chi connectivity index (χ2v) is 4.04. The van der Waals surface area contributed by atoms with Crippen LogP contribution in [0.25, 0.3) is 0 Å².